The Bertz CT molecular complexity index is 1370. The molecule has 176 valence electrons. The van der Waals surface area contributed by atoms with Crippen molar-refractivity contribution in [2.24, 2.45) is 0 Å². The molecule has 4 heterocycles. The molecular weight excluding hydrogens is 442 g/mol. The zero-order valence-corrected chi connectivity index (χ0v) is 19.2. The maximum atomic E-state index is 13.5. The van der Waals surface area contributed by atoms with E-state index in [1.807, 2.05) is 54.6 Å². The second kappa shape index (κ2) is 9.21. The zero-order chi connectivity index (χ0) is 23.6. The average molecular weight is 468 g/mol. The molecule has 1 saturated heterocycles. The predicted molar refractivity (Wildman–Crippen MR) is 133 cm³/mol. The summed E-state index contributed by atoms with van der Waals surface area (Å²) in [5.74, 6) is 2.08. The number of fused-ring (bicyclic) bond motifs is 2. The van der Waals surface area contributed by atoms with Gasteiger partial charge < -0.3 is 19.7 Å². The minimum atomic E-state index is -0.0863. The summed E-state index contributed by atoms with van der Waals surface area (Å²) in [6.07, 6.45) is 5.18. The molecule has 0 atom stereocenters. The molecule has 35 heavy (non-hydrogen) atoms. The summed E-state index contributed by atoms with van der Waals surface area (Å²) in [4.78, 5) is 29.1. The molecule has 1 amide bonds. The van der Waals surface area contributed by atoms with E-state index in [-0.39, 0.29) is 11.9 Å². The van der Waals surface area contributed by atoms with Crippen molar-refractivity contribution in [1.82, 2.24) is 20.3 Å². The van der Waals surface area contributed by atoms with Crippen molar-refractivity contribution in [2.45, 2.75) is 18.9 Å². The molecule has 1 N–H and O–H groups in total. The highest BCUT2D eigenvalue weighted by atomic mass is 16.6. The van der Waals surface area contributed by atoms with Crippen molar-refractivity contribution >= 4 is 22.8 Å². The van der Waals surface area contributed by atoms with E-state index in [1.165, 1.54) is 0 Å². The molecule has 2 aliphatic rings. The van der Waals surface area contributed by atoms with Crippen molar-refractivity contribution in [2.75, 3.05) is 31.2 Å². The Hall–Kier alpha value is -4.20. The van der Waals surface area contributed by atoms with E-state index in [0.29, 0.717) is 24.5 Å². The number of pyridine rings is 1. The van der Waals surface area contributed by atoms with Crippen LogP contribution in [0.15, 0.2) is 67.0 Å². The van der Waals surface area contributed by atoms with Gasteiger partial charge in [-0.15, -0.1) is 0 Å². The minimum absolute atomic E-state index is 0.0863. The molecule has 0 radical (unpaired) electrons. The Morgan fingerprint density at radius 2 is 1.69 bits per heavy atom. The van der Waals surface area contributed by atoms with Gasteiger partial charge in [0.1, 0.15) is 13.2 Å². The Labute approximate surface area is 202 Å². The van der Waals surface area contributed by atoms with Gasteiger partial charge in [-0.2, -0.15) is 0 Å². The molecule has 8 nitrogen and oxygen atoms in total. The second-order valence-electron chi connectivity index (χ2n) is 8.71. The van der Waals surface area contributed by atoms with Crippen LogP contribution in [-0.4, -0.2) is 53.2 Å². The lowest BCUT2D eigenvalue weighted by Crippen LogP contribution is -2.45. The van der Waals surface area contributed by atoms with Crippen LogP contribution >= 0.6 is 0 Å². The Morgan fingerprint density at radius 1 is 0.914 bits per heavy atom. The molecule has 0 bridgehead atoms. The van der Waals surface area contributed by atoms with Crippen LogP contribution in [-0.2, 0) is 0 Å². The van der Waals surface area contributed by atoms with E-state index in [2.05, 4.69) is 20.2 Å². The summed E-state index contributed by atoms with van der Waals surface area (Å²) in [6.45, 7) is 2.66. The van der Waals surface area contributed by atoms with Crippen molar-refractivity contribution < 1.29 is 14.3 Å². The van der Waals surface area contributed by atoms with E-state index in [4.69, 9.17) is 14.5 Å². The van der Waals surface area contributed by atoms with Crippen LogP contribution in [0.1, 0.15) is 23.2 Å². The largest absolute Gasteiger partial charge is 0.486 e. The monoisotopic (exact) mass is 467 g/mol. The number of nitrogens with zero attached hydrogens (tertiary/aromatic N) is 4. The number of carbonyl (C=O) groups excluding carboxylic acids is 1. The van der Waals surface area contributed by atoms with Crippen molar-refractivity contribution in [3.8, 4) is 22.8 Å². The molecular formula is C27H25N5O3. The number of aromatic nitrogens is 3. The predicted octanol–water partition coefficient (Wildman–Crippen LogP) is 3.86. The fraction of sp³-hybridized carbons (Fsp3) is 0.259. The lowest BCUT2D eigenvalue weighted by Gasteiger charge is -2.32. The molecule has 1 fully saturated rings. The third-order valence-electron chi connectivity index (χ3n) is 6.46. The van der Waals surface area contributed by atoms with Gasteiger partial charge >= 0.3 is 0 Å². The average Bonchev–Trinajstić information content (AvgIpc) is 2.93. The van der Waals surface area contributed by atoms with Crippen LogP contribution in [0.25, 0.3) is 22.2 Å². The van der Waals surface area contributed by atoms with Crippen LogP contribution in [0, 0.1) is 0 Å². The topological polar surface area (TPSA) is 89.5 Å². The number of piperidine rings is 1. The van der Waals surface area contributed by atoms with Gasteiger partial charge in [0.25, 0.3) is 5.91 Å². The van der Waals surface area contributed by atoms with E-state index in [0.717, 1.165) is 59.8 Å². The molecule has 2 aliphatic heterocycles. The fourth-order valence-corrected chi connectivity index (χ4v) is 4.66. The van der Waals surface area contributed by atoms with Gasteiger partial charge in [-0.05, 0) is 49.2 Å². The number of nitrogens with one attached hydrogen (secondary N) is 1. The highest BCUT2D eigenvalue weighted by Gasteiger charge is 2.24. The first-order valence-electron chi connectivity index (χ1n) is 11.9. The summed E-state index contributed by atoms with van der Waals surface area (Å²) in [5, 5.41) is 4.08. The number of carbonyl (C=O) groups is 1. The molecule has 8 heteroatoms. The maximum Gasteiger partial charge on any atom is 0.252 e. The Morgan fingerprint density at radius 3 is 2.51 bits per heavy atom. The highest BCUT2D eigenvalue weighted by Crippen LogP contribution is 2.35. The number of anilines is 1. The first kappa shape index (κ1) is 21.3. The van der Waals surface area contributed by atoms with Crippen LogP contribution in [0.2, 0.25) is 0 Å². The van der Waals surface area contributed by atoms with Crippen LogP contribution in [0.4, 0.5) is 5.95 Å². The summed E-state index contributed by atoms with van der Waals surface area (Å²) in [7, 11) is 0. The normalized spacial score (nSPS) is 15.7. The molecule has 0 aliphatic carbocycles. The lowest BCUT2D eigenvalue weighted by molar-refractivity contribution is 0.0932. The van der Waals surface area contributed by atoms with Gasteiger partial charge in [0, 0.05) is 42.5 Å². The standard InChI is InChI=1S/C27H25N5O3/c33-26(30-19-8-12-32(13-9-19)27-28-10-3-11-29-27)21-17-23(31-22-5-2-1-4-20(21)22)18-6-7-24-25(16-18)35-15-14-34-24/h1-7,10-11,16-17,19H,8-9,12-15H2,(H,30,33). The molecule has 4 aromatic rings. The lowest BCUT2D eigenvalue weighted by atomic mass is 10.0. The van der Waals surface area contributed by atoms with Gasteiger partial charge in [-0.25, -0.2) is 15.0 Å². The molecule has 2 aromatic heterocycles. The number of para-hydroxylation sites is 1. The fourth-order valence-electron chi connectivity index (χ4n) is 4.66. The third-order valence-corrected chi connectivity index (χ3v) is 6.46. The SMILES string of the molecule is O=C(NC1CCN(c2ncccn2)CC1)c1cc(-c2ccc3c(c2)OCCO3)nc2ccccc12. The summed E-state index contributed by atoms with van der Waals surface area (Å²) < 4.78 is 11.4. The van der Waals surface area contributed by atoms with Crippen LogP contribution in [0.3, 0.4) is 0 Å². The molecule has 0 saturated carbocycles. The van der Waals surface area contributed by atoms with Crippen molar-refractivity contribution in [1.29, 1.82) is 0 Å². The van der Waals surface area contributed by atoms with Crippen molar-refractivity contribution in [3.63, 3.8) is 0 Å². The molecule has 2 aromatic carbocycles. The van der Waals surface area contributed by atoms with E-state index >= 15 is 0 Å². The van der Waals surface area contributed by atoms with Crippen LogP contribution < -0.4 is 19.7 Å². The summed E-state index contributed by atoms with van der Waals surface area (Å²) in [5.41, 5.74) is 3.00. The zero-order valence-electron chi connectivity index (χ0n) is 19.2. The second-order valence-corrected chi connectivity index (χ2v) is 8.71. The van der Waals surface area contributed by atoms with E-state index < -0.39 is 0 Å². The third kappa shape index (κ3) is 4.35. The van der Waals surface area contributed by atoms with Gasteiger partial charge in [0.15, 0.2) is 11.5 Å². The first-order chi connectivity index (χ1) is 17.2. The first-order valence-corrected chi connectivity index (χ1v) is 11.9. The summed E-state index contributed by atoms with van der Waals surface area (Å²) in [6, 6.07) is 17.3. The minimum Gasteiger partial charge on any atom is -0.486 e. The Kier molecular flexibility index (Phi) is 5.62. The number of ether oxygens (including phenoxy) is 2. The molecule has 6 rings (SSSR count). The highest BCUT2D eigenvalue weighted by molar-refractivity contribution is 6.07. The quantitative estimate of drug-likeness (QED) is 0.487. The van der Waals surface area contributed by atoms with Gasteiger partial charge in [0.05, 0.1) is 16.8 Å². The van der Waals surface area contributed by atoms with Crippen LogP contribution in [0.5, 0.6) is 11.5 Å². The van der Waals surface area contributed by atoms with E-state index in [9.17, 15) is 4.79 Å². The van der Waals surface area contributed by atoms with Gasteiger partial charge in [-0.1, -0.05) is 18.2 Å². The smallest absolute Gasteiger partial charge is 0.252 e. The number of hydrogen-bond acceptors (Lipinski definition) is 7. The number of benzene rings is 2. The van der Waals surface area contributed by atoms with Crippen molar-refractivity contribution in [3.05, 3.63) is 72.6 Å². The summed E-state index contributed by atoms with van der Waals surface area (Å²) >= 11 is 0. The number of amides is 1. The Balaban J connectivity index is 1.25. The van der Waals surface area contributed by atoms with E-state index in [1.54, 1.807) is 12.4 Å². The van der Waals surface area contributed by atoms with Gasteiger partial charge in [0.2, 0.25) is 5.95 Å². The maximum absolute atomic E-state index is 13.5. The number of hydrogen-bond donors (Lipinski definition) is 1. The van der Waals surface area contributed by atoms with Gasteiger partial charge in [-0.3, -0.25) is 4.79 Å². The molecule has 0 unspecified atom stereocenters. The molecule has 0 spiro atoms. The number of rotatable bonds is 4.